The summed E-state index contributed by atoms with van der Waals surface area (Å²) in [5.74, 6) is -0.167. The molecule has 0 saturated heterocycles. The fourth-order valence-corrected chi connectivity index (χ4v) is 2.34. The Kier molecular flexibility index (Phi) is 3.94. The highest BCUT2D eigenvalue weighted by atomic mass is 16.2. The standard InChI is InChI=1S/C14H20N4O2/c1-9(7-17(2)3)16-13(19)11-8-18(4)14(20)12-10(11)5-6-15-12/h5-6,8-9,15H,7H2,1-4H3,(H,16,19). The predicted molar refractivity (Wildman–Crippen MR) is 79.0 cm³/mol. The Balaban J connectivity index is 2.33. The third-order valence-corrected chi connectivity index (χ3v) is 3.16. The number of aryl methyl sites for hydroxylation is 1. The van der Waals surface area contributed by atoms with E-state index >= 15 is 0 Å². The number of H-pyrrole nitrogens is 1. The van der Waals surface area contributed by atoms with E-state index in [2.05, 4.69) is 10.3 Å². The van der Waals surface area contributed by atoms with E-state index in [0.29, 0.717) is 16.5 Å². The van der Waals surface area contributed by atoms with E-state index < -0.39 is 0 Å². The number of nitrogens with one attached hydrogen (secondary N) is 2. The summed E-state index contributed by atoms with van der Waals surface area (Å²) >= 11 is 0. The van der Waals surface area contributed by atoms with Crippen LogP contribution in [0.3, 0.4) is 0 Å². The number of nitrogens with zero attached hydrogens (tertiary/aromatic N) is 2. The SMILES string of the molecule is CC(CN(C)C)NC(=O)c1cn(C)c(=O)c2[nH]ccc12. The molecule has 0 aliphatic carbocycles. The van der Waals surface area contributed by atoms with Gasteiger partial charge in [-0.25, -0.2) is 0 Å². The molecule has 2 rings (SSSR count). The first-order chi connectivity index (χ1) is 9.40. The van der Waals surface area contributed by atoms with Gasteiger partial charge in [-0.05, 0) is 27.1 Å². The first-order valence-corrected chi connectivity index (χ1v) is 6.52. The molecule has 0 spiro atoms. The van der Waals surface area contributed by atoms with Gasteiger partial charge in [0.05, 0.1) is 5.56 Å². The minimum absolute atomic E-state index is 0.0312. The molecule has 1 atom stereocenters. The van der Waals surface area contributed by atoms with Crippen molar-refractivity contribution >= 4 is 16.8 Å². The number of fused-ring (bicyclic) bond motifs is 1. The van der Waals surface area contributed by atoms with Gasteiger partial charge in [-0.2, -0.15) is 0 Å². The fourth-order valence-electron chi connectivity index (χ4n) is 2.34. The Labute approximate surface area is 117 Å². The number of hydrogen-bond acceptors (Lipinski definition) is 3. The highest BCUT2D eigenvalue weighted by Crippen LogP contribution is 2.14. The van der Waals surface area contributed by atoms with Gasteiger partial charge in [0.1, 0.15) is 5.52 Å². The lowest BCUT2D eigenvalue weighted by atomic mass is 10.1. The Hall–Kier alpha value is -2.08. The molecule has 1 unspecified atom stereocenters. The van der Waals surface area contributed by atoms with Crippen LogP contribution in [0.25, 0.3) is 10.9 Å². The summed E-state index contributed by atoms with van der Waals surface area (Å²) in [6.45, 7) is 2.71. The number of carbonyl (C=O) groups is 1. The highest BCUT2D eigenvalue weighted by Gasteiger charge is 2.16. The maximum absolute atomic E-state index is 12.4. The van der Waals surface area contributed by atoms with Crippen molar-refractivity contribution in [3.8, 4) is 0 Å². The zero-order valence-electron chi connectivity index (χ0n) is 12.2. The molecule has 20 heavy (non-hydrogen) atoms. The zero-order valence-corrected chi connectivity index (χ0v) is 12.2. The van der Waals surface area contributed by atoms with E-state index in [1.165, 1.54) is 4.57 Å². The van der Waals surface area contributed by atoms with Gasteiger partial charge < -0.3 is 19.8 Å². The van der Waals surface area contributed by atoms with Crippen molar-refractivity contribution in [3.05, 3.63) is 34.4 Å². The van der Waals surface area contributed by atoms with E-state index in [9.17, 15) is 9.59 Å². The summed E-state index contributed by atoms with van der Waals surface area (Å²) in [7, 11) is 5.56. The number of aromatic amines is 1. The van der Waals surface area contributed by atoms with E-state index in [0.717, 1.165) is 6.54 Å². The average molecular weight is 276 g/mol. The van der Waals surface area contributed by atoms with Crippen molar-refractivity contribution in [1.29, 1.82) is 0 Å². The third kappa shape index (κ3) is 2.75. The molecule has 2 N–H and O–H groups in total. The molecular weight excluding hydrogens is 256 g/mol. The third-order valence-electron chi connectivity index (χ3n) is 3.16. The van der Waals surface area contributed by atoms with Crippen LogP contribution in [0.5, 0.6) is 0 Å². The normalized spacial score (nSPS) is 12.8. The average Bonchev–Trinajstić information content (AvgIpc) is 2.81. The maximum atomic E-state index is 12.4. The Bertz CT molecular complexity index is 684. The summed E-state index contributed by atoms with van der Waals surface area (Å²) in [5, 5.41) is 3.60. The molecule has 6 nitrogen and oxygen atoms in total. The number of pyridine rings is 1. The van der Waals surface area contributed by atoms with E-state index in [1.807, 2.05) is 25.9 Å². The number of amides is 1. The maximum Gasteiger partial charge on any atom is 0.274 e. The summed E-state index contributed by atoms with van der Waals surface area (Å²) in [6, 6.07) is 1.78. The molecule has 2 aromatic heterocycles. The molecule has 2 heterocycles. The Morgan fingerprint density at radius 1 is 1.50 bits per heavy atom. The zero-order chi connectivity index (χ0) is 14.9. The van der Waals surface area contributed by atoms with Crippen molar-refractivity contribution < 1.29 is 4.79 Å². The van der Waals surface area contributed by atoms with E-state index in [1.54, 1.807) is 25.5 Å². The van der Waals surface area contributed by atoms with Gasteiger partial charge in [-0.3, -0.25) is 9.59 Å². The van der Waals surface area contributed by atoms with Gasteiger partial charge in [0.15, 0.2) is 0 Å². The van der Waals surface area contributed by atoms with Crippen LogP contribution in [-0.4, -0.2) is 47.0 Å². The number of carbonyl (C=O) groups excluding carboxylic acids is 1. The molecule has 0 aliphatic rings. The first-order valence-electron chi connectivity index (χ1n) is 6.52. The largest absolute Gasteiger partial charge is 0.357 e. The molecule has 0 saturated carbocycles. The van der Waals surface area contributed by atoms with E-state index in [4.69, 9.17) is 0 Å². The monoisotopic (exact) mass is 276 g/mol. The van der Waals surface area contributed by atoms with Crippen LogP contribution in [-0.2, 0) is 7.05 Å². The Morgan fingerprint density at radius 2 is 2.20 bits per heavy atom. The van der Waals surface area contributed by atoms with Crippen LogP contribution in [0.2, 0.25) is 0 Å². The molecule has 1 amide bonds. The van der Waals surface area contributed by atoms with Crippen molar-refractivity contribution in [2.24, 2.45) is 7.05 Å². The second-order valence-corrected chi connectivity index (χ2v) is 5.36. The van der Waals surface area contributed by atoms with Crippen LogP contribution in [0.15, 0.2) is 23.3 Å². The molecule has 0 aliphatic heterocycles. The number of aromatic nitrogens is 2. The lowest BCUT2D eigenvalue weighted by molar-refractivity contribution is 0.0935. The van der Waals surface area contributed by atoms with Crippen molar-refractivity contribution in [1.82, 2.24) is 19.8 Å². The predicted octanol–water partition coefficient (Wildman–Crippen LogP) is 0.547. The topological polar surface area (TPSA) is 70.1 Å². The van der Waals surface area contributed by atoms with Gasteiger partial charge in [0.2, 0.25) is 0 Å². The molecule has 6 heteroatoms. The quantitative estimate of drug-likeness (QED) is 0.856. The molecular formula is C14H20N4O2. The molecule has 108 valence electrons. The molecule has 0 radical (unpaired) electrons. The smallest absolute Gasteiger partial charge is 0.274 e. The molecule has 0 fully saturated rings. The van der Waals surface area contributed by atoms with Crippen LogP contribution >= 0.6 is 0 Å². The number of likely N-dealkylation sites (N-methyl/N-ethyl adjacent to an activating group) is 1. The minimum atomic E-state index is -0.167. The highest BCUT2D eigenvalue weighted by molar-refractivity contribution is 6.06. The van der Waals surface area contributed by atoms with Crippen molar-refractivity contribution in [2.75, 3.05) is 20.6 Å². The lowest BCUT2D eigenvalue weighted by Gasteiger charge is -2.18. The summed E-state index contributed by atoms with van der Waals surface area (Å²) in [4.78, 5) is 29.2. The van der Waals surface area contributed by atoms with Gasteiger partial charge >= 0.3 is 0 Å². The molecule has 0 bridgehead atoms. The van der Waals surface area contributed by atoms with Crippen molar-refractivity contribution in [2.45, 2.75) is 13.0 Å². The molecule has 2 aromatic rings. The van der Waals surface area contributed by atoms with Crippen LogP contribution in [0.4, 0.5) is 0 Å². The summed E-state index contributed by atoms with van der Waals surface area (Å²) < 4.78 is 1.42. The van der Waals surface area contributed by atoms with Crippen LogP contribution in [0, 0.1) is 0 Å². The summed E-state index contributed by atoms with van der Waals surface area (Å²) in [6.07, 6.45) is 3.25. The minimum Gasteiger partial charge on any atom is -0.357 e. The van der Waals surface area contributed by atoms with Gasteiger partial charge in [-0.1, -0.05) is 0 Å². The summed E-state index contributed by atoms with van der Waals surface area (Å²) in [5.41, 5.74) is 0.831. The van der Waals surface area contributed by atoms with Gasteiger partial charge in [-0.15, -0.1) is 0 Å². The molecule has 0 aromatic carbocycles. The second-order valence-electron chi connectivity index (χ2n) is 5.36. The van der Waals surface area contributed by atoms with Gasteiger partial charge in [0, 0.05) is 37.4 Å². The Morgan fingerprint density at radius 3 is 2.85 bits per heavy atom. The second kappa shape index (κ2) is 5.50. The fraction of sp³-hybridized carbons (Fsp3) is 0.429. The van der Waals surface area contributed by atoms with Crippen LogP contribution in [0.1, 0.15) is 17.3 Å². The van der Waals surface area contributed by atoms with E-state index in [-0.39, 0.29) is 17.5 Å². The lowest BCUT2D eigenvalue weighted by Crippen LogP contribution is -2.40. The van der Waals surface area contributed by atoms with Crippen LogP contribution < -0.4 is 10.9 Å². The first kappa shape index (κ1) is 14.3. The number of rotatable bonds is 4. The van der Waals surface area contributed by atoms with Gasteiger partial charge in [0.25, 0.3) is 11.5 Å². The van der Waals surface area contributed by atoms with Crippen molar-refractivity contribution in [3.63, 3.8) is 0 Å². The number of hydrogen-bond donors (Lipinski definition) is 2.